The minimum Gasteiger partial charge on any atom is -0.494 e. The molecule has 3 rings (SSSR count). The molecule has 0 bridgehead atoms. The molecule has 0 aliphatic carbocycles. The summed E-state index contributed by atoms with van der Waals surface area (Å²) in [6.07, 6.45) is 7.29. The molecular weight excluding hydrogens is 378 g/mol. The normalized spacial score (nSPS) is 10.8. The van der Waals surface area contributed by atoms with E-state index in [9.17, 15) is 9.90 Å². The summed E-state index contributed by atoms with van der Waals surface area (Å²) in [6.45, 7) is 3.17. The molecule has 1 N–H and O–H groups in total. The number of fused-ring (bicyclic) bond motifs is 1. The molecule has 158 valence electrons. The lowest BCUT2D eigenvalue weighted by atomic mass is 10.1. The van der Waals surface area contributed by atoms with E-state index in [4.69, 9.17) is 9.47 Å². The fraction of sp³-hybridized carbons (Fsp3) is 0.360. The molecule has 0 atom stereocenters. The van der Waals surface area contributed by atoms with Gasteiger partial charge in [0, 0.05) is 5.39 Å². The van der Waals surface area contributed by atoms with Gasteiger partial charge in [0.05, 0.1) is 12.1 Å². The molecule has 5 nitrogen and oxygen atoms in total. The van der Waals surface area contributed by atoms with Gasteiger partial charge in [-0.2, -0.15) is 0 Å². The van der Waals surface area contributed by atoms with Crippen molar-refractivity contribution in [3.8, 4) is 11.5 Å². The number of carboxylic acids is 1. The first-order valence-corrected chi connectivity index (χ1v) is 10.6. The number of ether oxygens (including phenoxy) is 2. The first kappa shape index (κ1) is 21.6. The topological polar surface area (TPSA) is 68.7 Å². The molecule has 0 fully saturated rings. The standard InChI is InChI=1S/C25H29NO4/c1-2-3-4-5-6-10-15-29-21-13-14-22-20(16-21)17-23(24(26-22)25(27)28)30-18-19-11-8-7-9-12-19/h7-9,11-14,16-17H,2-6,10,15,18H2,1H3,(H,27,28). The van der Waals surface area contributed by atoms with E-state index in [1.54, 1.807) is 12.1 Å². The third-order valence-corrected chi connectivity index (χ3v) is 4.96. The highest BCUT2D eigenvalue weighted by molar-refractivity contribution is 5.93. The van der Waals surface area contributed by atoms with Crippen molar-refractivity contribution < 1.29 is 19.4 Å². The van der Waals surface area contributed by atoms with Crippen LogP contribution in [0.25, 0.3) is 10.9 Å². The van der Waals surface area contributed by atoms with Gasteiger partial charge in [-0.1, -0.05) is 69.4 Å². The number of pyridine rings is 1. The highest BCUT2D eigenvalue weighted by Crippen LogP contribution is 2.27. The zero-order valence-corrected chi connectivity index (χ0v) is 17.5. The maximum absolute atomic E-state index is 11.6. The number of unbranched alkanes of at least 4 members (excludes halogenated alkanes) is 5. The first-order chi connectivity index (χ1) is 14.7. The zero-order valence-electron chi connectivity index (χ0n) is 17.5. The summed E-state index contributed by atoms with van der Waals surface area (Å²) in [7, 11) is 0. The minimum absolute atomic E-state index is 0.0841. The molecule has 3 aromatic rings. The van der Waals surface area contributed by atoms with E-state index in [2.05, 4.69) is 11.9 Å². The van der Waals surface area contributed by atoms with E-state index >= 15 is 0 Å². The van der Waals surface area contributed by atoms with Crippen molar-refractivity contribution in [3.05, 3.63) is 65.9 Å². The van der Waals surface area contributed by atoms with Gasteiger partial charge in [-0.25, -0.2) is 9.78 Å². The number of carboxylic acid groups (broad SMARTS) is 1. The van der Waals surface area contributed by atoms with Gasteiger partial charge in [0.15, 0.2) is 11.4 Å². The van der Waals surface area contributed by atoms with Gasteiger partial charge in [0.25, 0.3) is 0 Å². The van der Waals surface area contributed by atoms with E-state index < -0.39 is 5.97 Å². The Morgan fingerprint density at radius 2 is 1.70 bits per heavy atom. The Morgan fingerprint density at radius 1 is 0.933 bits per heavy atom. The van der Waals surface area contributed by atoms with Gasteiger partial charge in [-0.15, -0.1) is 0 Å². The van der Waals surface area contributed by atoms with Gasteiger partial charge < -0.3 is 14.6 Å². The monoisotopic (exact) mass is 407 g/mol. The summed E-state index contributed by atoms with van der Waals surface area (Å²) < 4.78 is 11.7. The predicted octanol–water partition coefficient (Wildman–Crippen LogP) is 6.25. The van der Waals surface area contributed by atoms with Crippen molar-refractivity contribution in [2.45, 2.75) is 52.1 Å². The van der Waals surface area contributed by atoms with E-state index in [1.807, 2.05) is 42.5 Å². The van der Waals surface area contributed by atoms with Crippen LogP contribution in [-0.4, -0.2) is 22.7 Å². The fourth-order valence-corrected chi connectivity index (χ4v) is 3.30. The Hall–Kier alpha value is -3.08. The predicted molar refractivity (Wildman–Crippen MR) is 118 cm³/mol. The van der Waals surface area contributed by atoms with Crippen LogP contribution in [0.15, 0.2) is 54.6 Å². The van der Waals surface area contributed by atoms with Crippen molar-refractivity contribution in [1.29, 1.82) is 0 Å². The van der Waals surface area contributed by atoms with Crippen LogP contribution >= 0.6 is 0 Å². The van der Waals surface area contributed by atoms with Crippen molar-refractivity contribution in [2.24, 2.45) is 0 Å². The molecule has 1 aromatic heterocycles. The van der Waals surface area contributed by atoms with Crippen molar-refractivity contribution in [3.63, 3.8) is 0 Å². The van der Waals surface area contributed by atoms with Crippen LogP contribution in [-0.2, 0) is 6.61 Å². The van der Waals surface area contributed by atoms with Crippen LogP contribution in [0.4, 0.5) is 0 Å². The van der Waals surface area contributed by atoms with Crippen molar-refractivity contribution in [2.75, 3.05) is 6.61 Å². The lowest BCUT2D eigenvalue weighted by Gasteiger charge is -2.11. The highest BCUT2D eigenvalue weighted by Gasteiger charge is 2.16. The first-order valence-electron chi connectivity index (χ1n) is 10.6. The van der Waals surface area contributed by atoms with Gasteiger partial charge in [-0.3, -0.25) is 0 Å². The number of carbonyl (C=O) groups is 1. The van der Waals surface area contributed by atoms with Crippen molar-refractivity contribution >= 4 is 16.9 Å². The molecule has 0 aliphatic heterocycles. The van der Waals surface area contributed by atoms with Gasteiger partial charge in [0.2, 0.25) is 0 Å². The van der Waals surface area contributed by atoms with E-state index in [0.29, 0.717) is 12.1 Å². The summed E-state index contributed by atoms with van der Waals surface area (Å²) >= 11 is 0. The molecule has 2 aromatic carbocycles. The average molecular weight is 408 g/mol. The maximum Gasteiger partial charge on any atom is 0.358 e. The Kier molecular flexibility index (Phi) is 8.07. The second kappa shape index (κ2) is 11.2. The highest BCUT2D eigenvalue weighted by atomic mass is 16.5. The molecule has 0 saturated carbocycles. The van der Waals surface area contributed by atoms with Crippen LogP contribution < -0.4 is 9.47 Å². The van der Waals surface area contributed by atoms with Gasteiger partial charge >= 0.3 is 5.97 Å². The summed E-state index contributed by atoms with van der Waals surface area (Å²) in [5.74, 6) is -0.0924. The molecule has 0 saturated heterocycles. The SMILES string of the molecule is CCCCCCCCOc1ccc2nc(C(=O)O)c(OCc3ccccc3)cc2c1. The van der Waals surface area contributed by atoms with Gasteiger partial charge in [0.1, 0.15) is 12.4 Å². The smallest absolute Gasteiger partial charge is 0.358 e. The third kappa shape index (κ3) is 6.21. The maximum atomic E-state index is 11.6. The molecule has 0 radical (unpaired) electrons. The van der Waals surface area contributed by atoms with Crippen LogP contribution in [0.1, 0.15) is 61.5 Å². The van der Waals surface area contributed by atoms with Gasteiger partial charge in [-0.05, 0) is 36.2 Å². The average Bonchev–Trinajstić information content (AvgIpc) is 2.77. The Bertz CT molecular complexity index is 956. The lowest BCUT2D eigenvalue weighted by Crippen LogP contribution is -2.06. The lowest BCUT2D eigenvalue weighted by molar-refractivity contribution is 0.0685. The molecule has 5 heteroatoms. The molecule has 0 amide bonds. The van der Waals surface area contributed by atoms with E-state index in [0.717, 1.165) is 23.1 Å². The molecule has 30 heavy (non-hydrogen) atoms. The summed E-state index contributed by atoms with van der Waals surface area (Å²) in [5, 5.41) is 10.3. The number of aromatic nitrogens is 1. The van der Waals surface area contributed by atoms with E-state index in [1.165, 1.54) is 32.1 Å². The number of nitrogens with zero attached hydrogens (tertiary/aromatic N) is 1. The van der Waals surface area contributed by atoms with Crippen LogP contribution in [0.5, 0.6) is 11.5 Å². The number of benzene rings is 2. The van der Waals surface area contributed by atoms with E-state index in [-0.39, 0.29) is 18.1 Å². The molecular formula is C25H29NO4. The largest absolute Gasteiger partial charge is 0.494 e. The number of hydrogen-bond donors (Lipinski definition) is 1. The van der Waals surface area contributed by atoms with Crippen LogP contribution in [0.2, 0.25) is 0 Å². The summed E-state index contributed by atoms with van der Waals surface area (Å²) in [5.41, 5.74) is 1.48. The van der Waals surface area contributed by atoms with Crippen molar-refractivity contribution in [1.82, 2.24) is 4.98 Å². The molecule has 1 heterocycles. The molecule has 0 aliphatic rings. The third-order valence-electron chi connectivity index (χ3n) is 4.96. The number of hydrogen-bond acceptors (Lipinski definition) is 4. The van der Waals surface area contributed by atoms with Crippen LogP contribution in [0.3, 0.4) is 0 Å². The minimum atomic E-state index is -1.11. The quantitative estimate of drug-likeness (QED) is 0.359. The Morgan fingerprint density at radius 3 is 2.47 bits per heavy atom. The number of rotatable bonds is 12. The second-order valence-electron chi connectivity index (χ2n) is 7.39. The summed E-state index contributed by atoms with van der Waals surface area (Å²) in [6, 6.07) is 16.9. The summed E-state index contributed by atoms with van der Waals surface area (Å²) in [4.78, 5) is 15.9. The Balaban J connectivity index is 1.67. The number of aromatic carboxylic acids is 1. The second-order valence-corrected chi connectivity index (χ2v) is 7.39. The zero-order chi connectivity index (χ0) is 21.2. The fourth-order valence-electron chi connectivity index (χ4n) is 3.30. The molecule has 0 spiro atoms. The Labute approximate surface area is 177 Å². The molecule has 0 unspecified atom stereocenters. The van der Waals surface area contributed by atoms with Crippen LogP contribution in [0, 0.1) is 0 Å².